The van der Waals surface area contributed by atoms with E-state index in [0.29, 0.717) is 0 Å². The van der Waals surface area contributed by atoms with Crippen LogP contribution in [0.1, 0.15) is 6.92 Å². The first kappa shape index (κ1) is 11.6. The minimum absolute atomic E-state index is 0.848. The SMILES string of the molecule is C/C(=C\C=[N+]1CCOCC1)N1CCOCC1. The molecule has 0 amide bonds. The Kier molecular flexibility index (Phi) is 4.36. The molecule has 0 radical (unpaired) electrons. The van der Waals surface area contributed by atoms with Crippen molar-refractivity contribution in [3.05, 3.63) is 11.8 Å². The zero-order valence-electron chi connectivity index (χ0n) is 10.0. The summed E-state index contributed by atoms with van der Waals surface area (Å²) in [5.74, 6) is 0. The Morgan fingerprint density at radius 3 is 2.38 bits per heavy atom. The van der Waals surface area contributed by atoms with E-state index in [9.17, 15) is 0 Å². The summed E-state index contributed by atoms with van der Waals surface area (Å²) in [5.41, 5.74) is 1.33. The maximum atomic E-state index is 5.34. The highest BCUT2D eigenvalue weighted by molar-refractivity contribution is 5.67. The fourth-order valence-corrected chi connectivity index (χ4v) is 1.96. The summed E-state index contributed by atoms with van der Waals surface area (Å²) < 4.78 is 13.0. The number of hydrogen-bond donors (Lipinski definition) is 0. The van der Waals surface area contributed by atoms with Gasteiger partial charge in [-0.3, -0.25) is 0 Å². The summed E-state index contributed by atoms with van der Waals surface area (Å²) in [6.45, 7) is 9.61. The van der Waals surface area contributed by atoms with Crippen molar-refractivity contribution >= 4 is 6.21 Å². The Bertz CT molecular complexity index is 273. The van der Waals surface area contributed by atoms with Gasteiger partial charge in [0.25, 0.3) is 0 Å². The molecule has 4 nitrogen and oxygen atoms in total. The Morgan fingerprint density at radius 2 is 1.69 bits per heavy atom. The van der Waals surface area contributed by atoms with Crippen molar-refractivity contribution in [1.82, 2.24) is 4.90 Å². The smallest absolute Gasteiger partial charge is 0.166 e. The monoisotopic (exact) mass is 225 g/mol. The molecule has 0 aromatic heterocycles. The number of ether oxygens (including phenoxy) is 2. The molecule has 16 heavy (non-hydrogen) atoms. The van der Waals surface area contributed by atoms with E-state index in [4.69, 9.17) is 9.47 Å². The molecule has 4 heteroatoms. The molecular formula is C12H21N2O2+. The van der Waals surface area contributed by atoms with Gasteiger partial charge in [-0.1, -0.05) is 0 Å². The lowest BCUT2D eigenvalue weighted by atomic mass is 10.3. The van der Waals surface area contributed by atoms with Crippen LogP contribution in [-0.4, -0.2) is 68.3 Å². The third kappa shape index (κ3) is 3.32. The number of nitrogens with zero attached hydrogens (tertiary/aromatic N) is 2. The van der Waals surface area contributed by atoms with Crippen molar-refractivity contribution in [3.63, 3.8) is 0 Å². The average Bonchev–Trinajstić information content (AvgIpc) is 2.38. The van der Waals surface area contributed by atoms with E-state index in [1.807, 2.05) is 0 Å². The van der Waals surface area contributed by atoms with Crippen molar-refractivity contribution in [2.75, 3.05) is 52.6 Å². The van der Waals surface area contributed by atoms with Crippen LogP contribution in [0, 0.1) is 0 Å². The van der Waals surface area contributed by atoms with E-state index >= 15 is 0 Å². The fourth-order valence-electron chi connectivity index (χ4n) is 1.96. The standard InChI is InChI=1S/C12H21N2O2/c1-12(14-6-10-16-11-7-14)2-3-13-4-8-15-9-5-13/h2-3H,4-11H2,1H3/q+1. The van der Waals surface area contributed by atoms with Gasteiger partial charge in [0, 0.05) is 24.9 Å². The van der Waals surface area contributed by atoms with Crippen LogP contribution >= 0.6 is 0 Å². The van der Waals surface area contributed by atoms with Crippen LogP contribution < -0.4 is 0 Å². The minimum atomic E-state index is 0.848. The zero-order valence-corrected chi connectivity index (χ0v) is 10.0. The Labute approximate surface area is 97.1 Å². The normalized spacial score (nSPS) is 23.4. The number of rotatable bonds is 2. The number of hydrogen-bond acceptors (Lipinski definition) is 3. The lowest BCUT2D eigenvalue weighted by Gasteiger charge is -2.28. The molecule has 2 aliphatic heterocycles. The predicted molar refractivity (Wildman–Crippen MR) is 63.0 cm³/mol. The summed E-state index contributed by atoms with van der Waals surface area (Å²) in [7, 11) is 0. The van der Waals surface area contributed by atoms with Gasteiger partial charge < -0.3 is 14.4 Å². The first-order chi connectivity index (χ1) is 7.86. The zero-order chi connectivity index (χ0) is 11.2. The van der Waals surface area contributed by atoms with Crippen LogP contribution in [0.15, 0.2) is 11.8 Å². The summed E-state index contributed by atoms with van der Waals surface area (Å²) in [5, 5.41) is 0. The Morgan fingerprint density at radius 1 is 1.06 bits per heavy atom. The average molecular weight is 225 g/mol. The molecule has 0 aromatic rings. The fraction of sp³-hybridized carbons (Fsp3) is 0.750. The second-order valence-electron chi connectivity index (χ2n) is 4.20. The topological polar surface area (TPSA) is 24.7 Å². The van der Waals surface area contributed by atoms with Crippen molar-refractivity contribution in [2.45, 2.75) is 6.92 Å². The van der Waals surface area contributed by atoms with Gasteiger partial charge >= 0.3 is 0 Å². The van der Waals surface area contributed by atoms with Crippen LogP contribution in [0.2, 0.25) is 0 Å². The van der Waals surface area contributed by atoms with Crippen molar-refractivity contribution in [2.24, 2.45) is 0 Å². The predicted octanol–water partition coefficient (Wildman–Crippen LogP) is 0.336. The first-order valence-electron chi connectivity index (χ1n) is 6.02. The molecule has 0 bridgehead atoms. The van der Waals surface area contributed by atoms with Gasteiger partial charge in [-0.2, -0.15) is 0 Å². The van der Waals surface area contributed by atoms with E-state index < -0.39 is 0 Å². The van der Waals surface area contributed by atoms with Gasteiger partial charge in [-0.25, -0.2) is 4.58 Å². The highest BCUT2D eigenvalue weighted by atomic mass is 16.5. The molecule has 0 unspecified atom stereocenters. The molecule has 0 aliphatic carbocycles. The Hall–Kier alpha value is -0.870. The third-order valence-electron chi connectivity index (χ3n) is 3.08. The highest BCUT2D eigenvalue weighted by Crippen LogP contribution is 2.05. The van der Waals surface area contributed by atoms with Crippen LogP contribution in [0.25, 0.3) is 0 Å². The van der Waals surface area contributed by atoms with Crippen LogP contribution in [0.5, 0.6) is 0 Å². The van der Waals surface area contributed by atoms with Crippen LogP contribution in [-0.2, 0) is 9.47 Å². The summed E-state index contributed by atoms with van der Waals surface area (Å²) >= 11 is 0. The second-order valence-corrected chi connectivity index (χ2v) is 4.20. The maximum absolute atomic E-state index is 5.34. The van der Waals surface area contributed by atoms with E-state index in [1.54, 1.807) is 0 Å². The van der Waals surface area contributed by atoms with E-state index in [2.05, 4.69) is 28.7 Å². The quantitative estimate of drug-likeness (QED) is 0.633. The largest absolute Gasteiger partial charge is 0.378 e. The van der Waals surface area contributed by atoms with Crippen molar-refractivity contribution in [3.8, 4) is 0 Å². The van der Waals surface area contributed by atoms with Crippen molar-refractivity contribution < 1.29 is 14.0 Å². The summed E-state index contributed by atoms with van der Waals surface area (Å²) in [6.07, 6.45) is 4.39. The van der Waals surface area contributed by atoms with E-state index in [1.165, 1.54) is 5.70 Å². The summed E-state index contributed by atoms with van der Waals surface area (Å²) in [6, 6.07) is 0. The summed E-state index contributed by atoms with van der Waals surface area (Å²) in [4.78, 5) is 2.38. The molecule has 0 atom stereocenters. The van der Waals surface area contributed by atoms with Gasteiger partial charge in [0.2, 0.25) is 0 Å². The highest BCUT2D eigenvalue weighted by Gasteiger charge is 2.12. The van der Waals surface area contributed by atoms with Crippen LogP contribution in [0.4, 0.5) is 0 Å². The molecule has 0 aromatic carbocycles. The van der Waals surface area contributed by atoms with Gasteiger partial charge in [0.1, 0.15) is 13.2 Å². The molecule has 2 aliphatic rings. The molecule has 2 fully saturated rings. The van der Waals surface area contributed by atoms with E-state index in [-0.39, 0.29) is 0 Å². The lowest BCUT2D eigenvalue weighted by molar-refractivity contribution is -0.544. The molecule has 0 spiro atoms. The first-order valence-corrected chi connectivity index (χ1v) is 6.02. The molecular weight excluding hydrogens is 204 g/mol. The number of morpholine rings is 2. The maximum Gasteiger partial charge on any atom is 0.166 e. The van der Waals surface area contributed by atoms with Gasteiger partial charge in [0.15, 0.2) is 19.3 Å². The van der Waals surface area contributed by atoms with Crippen molar-refractivity contribution in [1.29, 1.82) is 0 Å². The second kappa shape index (κ2) is 6.01. The Balaban J connectivity index is 1.89. The molecule has 0 N–H and O–H groups in total. The number of allylic oxidation sites excluding steroid dienone is 2. The molecule has 2 rings (SSSR count). The lowest BCUT2D eigenvalue weighted by Crippen LogP contribution is -2.35. The minimum Gasteiger partial charge on any atom is -0.378 e. The molecule has 90 valence electrons. The van der Waals surface area contributed by atoms with Gasteiger partial charge in [-0.15, -0.1) is 0 Å². The molecule has 2 heterocycles. The molecule has 2 saturated heterocycles. The van der Waals surface area contributed by atoms with Gasteiger partial charge in [0.05, 0.1) is 13.2 Å². The van der Waals surface area contributed by atoms with Gasteiger partial charge in [-0.05, 0) is 6.92 Å². The van der Waals surface area contributed by atoms with E-state index in [0.717, 1.165) is 52.6 Å². The molecule has 0 saturated carbocycles. The third-order valence-corrected chi connectivity index (χ3v) is 3.08. The van der Waals surface area contributed by atoms with Crippen LogP contribution in [0.3, 0.4) is 0 Å².